The average molecular weight is 420 g/mol. The van der Waals surface area contributed by atoms with Gasteiger partial charge in [0.25, 0.3) is 0 Å². The van der Waals surface area contributed by atoms with Crippen LogP contribution in [0.4, 0.5) is 19.0 Å². The molecule has 1 aliphatic carbocycles. The van der Waals surface area contributed by atoms with E-state index in [1.54, 1.807) is 18.3 Å². The average Bonchev–Trinajstić information content (AvgIpc) is 3.43. The minimum Gasteiger partial charge on any atom is -0.338 e. The molecule has 0 bridgehead atoms. The fourth-order valence-electron chi connectivity index (χ4n) is 4.25. The fourth-order valence-corrected chi connectivity index (χ4v) is 4.25. The van der Waals surface area contributed by atoms with Crippen molar-refractivity contribution in [3.8, 4) is 0 Å². The van der Waals surface area contributed by atoms with Gasteiger partial charge in [-0.1, -0.05) is 25.0 Å². The number of carbonyl (C=O) groups excluding carboxylic acids is 2. The van der Waals surface area contributed by atoms with Crippen molar-refractivity contribution in [2.45, 2.75) is 50.9 Å². The van der Waals surface area contributed by atoms with Gasteiger partial charge in [-0.05, 0) is 30.5 Å². The standard InChI is InChI=1S/C21H23F3N4O2/c22-21(23,24)16-5-3-4-14(10-16)12-27-13-15(11-19(27)29)20(30)26-18-8-9-25-28(18)17-6-1-2-7-17/h3-5,8-10,15,17H,1-2,6-7,11-13H2,(H,26,30). The molecule has 6 nitrogen and oxygen atoms in total. The Morgan fingerprint density at radius 3 is 2.70 bits per heavy atom. The molecule has 1 aromatic heterocycles. The summed E-state index contributed by atoms with van der Waals surface area (Å²) in [4.78, 5) is 26.5. The number of hydrogen-bond donors (Lipinski definition) is 1. The Morgan fingerprint density at radius 2 is 1.97 bits per heavy atom. The van der Waals surface area contributed by atoms with Crippen LogP contribution in [-0.2, 0) is 22.3 Å². The third-order valence-electron chi connectivity index (χ3n) is 5.81. The molecule has 2 heterocycles. The Bertz CT molecular complexity index is 934. The molecular weight excluding hydrogens is 397 g/mol. The van der Waals surface area contributed by atoms with Gasteiger partial charge in [-0.15, -0.1) is 0 Å². The molecule has 160 valence electrons. The number of rotatable bonds is 5. The number of nitrogens with zero attached hydrogens (tertiary/aromatic N) is 3. The van der Waals surface area contributed by atoms with Crippen molar-refractivity contribution in [1.82, 2.24) is 14.7 Å². The number of halogens is 3. The summed E-state index contributed by atoms with van der Waals surface area (Å²) in [5.41, 5.74) is -0.361. The van der Waals surface area contributed by atoms with E-state index in [4.69, 9.17) is 0 Å². The van der Waals surface area contributed by atoms with E-state index in [-0.39, 0.29) is 37.4 Å². The lowest BCUT2D eigenvalue weighted by Gasteiger charge is -2.18. The van der Waals surface area contributed by atoms with Gasteiger partial charge in [0.1, 0.15) is 5.82 Å². The largest absolute Gasteiger partial charge is 0.416 e. The Labute approximate surface area is 172 Å². The summed E-state index contributed by atoms with van der Waals surface area (Å²) in [6.45, 7) is 0.227. The van der Waals surface area contributed by atoms with Crippen LogP contribution in [0.3, 0.4) is 0 Å². The number of alkyl halides is 3. The maximum absolute atomic E-state index is 12.9. The van der Waals surface area contributed by atoms with Gasteiger partial charge < -0.3 is 10.2 Å². The number of amides is 2. The molecule has 2 amide bonds. The van der Waals surface area contributed by atoms with Gasteiger partial charge >= 0.3 is 6.18 Å². The third-order valence-corrected chi connectivity index (χ3v) is 5.81. The molecule has 0 radical (unpaired) electrons. The lowest BCUT2D eigenvalue weighted by Crippen LogP contribution is -2.29. The smallest absolute Gasteiger partial charge is 0.338 e. The topological polar surface area (TPSA) is 67.2 Å². The molecule has 1 saturated carbocycles. The first-order valence-corrected chi connectivity index (χ1v) is 10.1. The molecule has 1 saturated heterocycles. The summed E-state index contributed by atoms with van der Waals surface area (Å²) in [5.74, 6) is -0.433. The zero-order valence-corrected chi connectivity index (χ0v) is 16.4. The van der Waals surface area contributed by atoms with Gasteiger partial charge in [0.15, 0.2) is 0 Å². The van der Waals surface area contributed by atoms with E-state index < -0.39 is 17.7 Å². The van der Waals surface area contributed by atoms with Crippen LogP contribution in [0.15, 0.2) is 36.5 Å². The van der Waals surface area contributed by atoms with Crippen molar-refractivity contribution < 1.29 is 22.8 Å². The van der Waals surface area contributed by atoms with Crippen molar-refractivity contribution in [1.29, 1.82) is 0 Å². The van der Waals surface area contributed by atoms with Crippen molar-refractivity contribution in [3.63, 3.8) is 0 Å². The maximum atomic E-state index is 12.9. The number of nitrogens with one attached hydrogen (secondary N) is 1. The van der Waals surface area contributed by atoms with Gasteiger partial charge in [-0.2, -0.15) is 18.3 Å². The molecule has 2 aromatic rings. The molecule has 1 aromatic carbocycles. The molecular formula is C21H23F3N4O2. The van der Waals surface area contributed by atoms with E-state index in [2.05, 4.69) is 10.4 Å². The van der Waals surface area contributed by atoms with Crippen LogP contribution in [0.5, 0.6) is 0 Å². The second-order valence-corrected chi connectivity index (χ2v) is 7.96. The summed E-state index contributed by atoms with van der Waals surface area (Å²) < 4.78 is 40.6. The van der Waals surface area contributed by atoms with Gasteiger partial charge in [-0.3, -0.25) is 9.59 Å². The Balaban J connectivity index is 1.39. The molecule has 4 rings (SSSR count). The highest BCUT2D eigenvalue weighted by Crippen LogP contribution is 2.32. The summed E-state index contributed by atoms with van der Waals surface area (Å²) >= 11 is 0. The molecule has 1 aliphatic heterocycles. The van der Waals surface area contributed by atoms with E-state index in [1.165, 1.54) is 11.0 Å². The van der Waals surface area contributed by atoms with Crippen LogP contribution < -0.4 is 5.32 Å². The molecule has 1 unspecified atom stereocenters. The van der Waals surface area contributed by atoms with Crippen LogP contribution in [0.1, 0.15) is 49.3 Å². The van der Waals surface area contributed by atoms with Crippen molar-refractivity contribution in [3.05, 3.63) is 47.7 Å². The van der Waals surface area contributed by atoms with Gasteiger partial charge in [0.2, 0.25) is 11.8 Å². The zero-order valence-electron chi connectivity index (χ0n) is 16.4. The van der Waals surface area contributed by atoms with E-state index in [0.29, 0.717) is 11.4 Å². The normalized spacial score (nSPS) is 20.2. The van der Waals surface area contributed by atoms with Gasteiger partial charge in [0, 0.05) is 25.6 Å². The van der Waals surface area contributed by atoms with Gasteiger partial charge in [0.05, 0.1) is 23.7 Å². The summed E-state index contributed by atoms with van der Waals surface area (Å²) in [7, 11) is 0. The molecule has 0 spiro atoms. The Kier molecular flexibility index (Phi) is 5.53. The van der Waals surface area contributed by atoms with Crippen LogP contribution >= 0.6 is 0 Å². The highest BCUT2D eigenvalue weighted by Gasteiger charge is 2.35. The lowest BCUT2D eigenvalue weighted by atomic mass is 10.1. The van der Waals surface area contributed by atoms with E-state index >= 15 is 0 Å². The van der Waals surface area contributed by atoms with E-state index in [1.807, 2.05) is 4.68 Å². The van der Waals surface area contributed by atoms with Crippen molar-refractivity contribution in [2.24, 2.45) is 5.92 Å². The molecule has 2 fully saturated rings. The van der Waals surface area contributed by atoms with Crippen LogP contribution in [0.25, 0.3) is 0 Å². The molecule has 1 N–H and O–H groups in total. The minimum atomic E-state index is -4.43. The number of hydrogen-bond acceptors (Lipinski definition) is 3. The number of carbonyl (C=O) groups is 2. The maximum Gasteiger partial charge on any atom is 0.416 e. The summed E-state index contributed by atoms with van der Waals surface area (Å²) in [5, 5.41) is 7.20. The monoisotopic (exact) mass is 420 g/mol. The SMILES string of the molecule is O=C(Nc1ccnn1C1CCCC1)C1CC(=O)N(Cc2cccc(C(F)(F)F)c2)C1. The third kappa shape index (κ3) is 4.34. The van der Waals surface area contributed by atoms with Crippen LogP contribution in [-0.4, -0.2) is 33.0 Å². The zero-order chi connectivity index (χ0) is 21.3. The summed E-state index contributed by atoms with van der Waals surface area (Å²) in [6.07, 6.45) is 1.58. The van der Waals surface area contributed by atoms with Crippen LogP contribution in [0, 0.1) is 5.92 Å². The molecule has 1 atom stereocenters. The molecule has 2 aliphatic rings. The Hall–Kier alpha value is -2.84. The number of anilines is 1. The van der Waals surface area contributed by atoms with Gasteiger partial charge in [-0.25, -0.2) is 4.68 Å². The van der Waals surface area contributed by atoms with Crippen LogP contribution in [0.2, 0.25) is 0 Å². The first kappa shape index (κ1) is 20.4. The number of aromatic nitrogens is 2. The number of likely N-dealkylation sites (tertiary alicyclic amines) is 1. The predicted octanol–water partition coefficient (Wildman–Crippen LogP) is 4.00. The van der Waals surface area contributed by atoms with Crippen molar-refractivity contribution >= 4 is 17.6 Å². The highest BCUT2D eigenvalue weighted by atomic mass is 19.4. The highest BCUT2D eigenvalue weighted by molar-refractivity contribution is 5.96. The Morgan fingerprint density at radius 1 is 1.20 bits per heavy atom. The second-order valence-electron chi connectivity index (χ2n) is 7.96. The number of benzene rings is 1. The minimum absolute atomic E-state index is 0.0440. The lowest BCUT2D eigenvalue weighted by molar-refractivity contribution is -0.137. The predicted molar refractivity (Wildman–Crippen MR) is 103 cm³/mol. The van der Waals surface area contributed by atoms with Crippen molar-refractivity contribution in [2.75, 3.05) is 11.9 Å². The quantitative estimate of drug-likeness (QED) is 0.795. The first-order chi connectivity index (χ1) is 14.3. The molecule has 30 heavy (non-hydrogen) atoms. The van der Waals surface area contributed by atoms with E-state index in [0.717, 1.165) is 37.8 Å². The first-order valence-electron chi connectivity index (χ1n) is 10.1. The molecule has 9 heteroatoms. The summed E-state index contributed by atoms with van der Waals surface area (Å²) in [6, 6.07) is 6.94. The van der Waals surface area contributed by atoms with E-state index in [9.17, 15) is 22.8 Å². The fraction of sp³-hybridized carbons (Fsp3) is 0.476. The second kappa shape index (κ2) is 8.12.